The Morgan fingerprint density at radius 2 is 1.41 bits per heavy atom. The molecule has 0 radical (unpaired) electrons. The first-order chi connectivity index (χ1) is 16.7. The molecule has 0 bridgehead atoms. The van der Waals surface area contributed by atoms with Crippen molar-refractivity contribution >= 4 is 18.0 Å². The van der Waals surface area contributed by atoms with Gasteiger partial charge in [-0.25, -0.2) is 4.79 Å². The molecule has 3 amide bonds. The van der Waals surface area contributed by atoms with Gasteiger partial charge in [0, 0.05) is 0 Å². The van der Waals surface area contributed by atoms with E-state index >= 15 is 0 Å². The van der Waals surface area contributed by atoms with Gasteiger partial charge in [0.15, 0.2) is 0 Å². The average molecular weight is 447 g/mol. The van der Waals surface area contributed by atoms with Crippen molar-refractivity contribution in [3.8, 4) is 28.0 Å². The lowest BCUT2D eigenvalue weighted by Gasteiger charge is -2.13. The second-order valence-electron chi connectivity index (χ2n) is 7.94. The molecule has 5 heteroatoms. The summed E-state index contributed by atoms with van der Waals surface area (Å²) in [6.07, 6.45) is 1.71. The van der Waals surface area contributed by atoms with Crippen LogP contribution in [0.5, 0.6) is 5.75 Å². The van der Waals surface area contributed by atoms with Crippen LogP contribution in [0.3, 0.4) is 0 Å². The molecule has 4 aromatic carbocycles. The molecule has 5 nitrogen and oxygen atoms in total. The first-order valence-electron chi connectivity index (χ1n) is 11.0. The Bertz CT molecular complexity index is 1380. The Labute approximate surface area is 197 Å². The Morgan fingerprint density at radius 1 is 0.676 bits per heavy atom. The number of imide groups is 1. The van der Waals surface area contributed by atoms with Crippen molar-refractivity contribution in [2.45, 2.75) is 6.61 Å². The van der Waals surface area contributed by atoms with Crippen LogP contribution in [0.1, 0.15) is 11.1 Å². The molecule has 4 aromatic rings. The van der Waals surface area contributed by atoms with E-state index in [1.54, 1.807) is 6.08 Å². The van der Waals surface area contributed by atoms with E-state index in [-0.39, 0.29) is 5.70 Å². The zero-order valence-electron chi connectivity index (χ0n) is 18.3. The van der Waals surface area contributed by atoms with Gasteiger partial charge in [-0.15, -0.1) is 0 Å². The highest BCUT2D eigenvalue weighted by molar-refractivity contribution is 6.14. The van der Waals surface area contributed by atoms with Crippen LogP contribution in [0.2, 0.25) is 0 Å². The lowest BCUT2D eigenvalue weighted by Crippen LogP contribution is -2.22. The summed E-state index contributed by atoms with van der Waals surface area (Å²) in [7, 11) is 0. The molecule has 1 heterocycles. The van der Waals surface area contributed by atoms with E-state index in [0.29, 0.717) is 6.61 Å². The maximum absolute atomic E-state index is 12.2. The van der Waals surface area contributed by atoms with Crippen LogP contribution in [0.25, 0.3) is 28.3 Å². The first-order valence-corrected chi connectivity index (χ1v) is 11.0. The van der Waals surface area contributed by atoms with Gasteiger partial charge in [-0.05, 0) is 57.7 Å². The number of benzene rings is 4. The summed E-state index contributed by atoms with van der Waals surface area (Å²) < 4.78 is 6.02. The van der Waals surface area contributed by atoms with Crippen LogP contribution in [0.4, 0.5) is 4.79 Å². The number of amides is 3. The van der Waals surface area contributed by atoms with E-state index in [0.717, 1.165) is 39.1 Å². The van der Waals surface area contributed by atoms with Crippen LogP contribution in [0, 0.1) is 0 Å². The highest BCUT2D eigenvalue weighted by Gasteiger charge is 2.23. The summed E-state index contributed by atoms with van der Waals surface area (Å²) in [6.45, 7) is 0.473. The summed E-state index contributed by atoms with van der Waals surface area (Å²) in [6, 6.07) is 33.5. The fourth-order valence-electron chi connectivity index (χ4n) is 3.89. The largest absolute Gasteiger partial charge is 0.489 e. The van der Waals surface area contributed by atoms with E-state index in [1.807, 2.05) is 97.1 Å². The monoisotopic (exact) mass is 446 g/mol. The smallest absolute Gasteiger partial charge is 0.326 e. The SMILES string of the molecule is O=C1NC(=O)/C(=C\c2cc(-c3ccccc3)ccc2-c2cccc(OCc3ccccc3)c2)N1. The number of ether oxygens (including phenoxy) is 1. The van der Waals surface area contributed by atoms with Crippen molar-refractivity contribution in [3.63, 3.8) is 0 Å². The maximum atomic E-state index is 12.2. The molecular formula is C29H22N2O3. The number of nitrogens with one attached hydrogen (secondary N) is 2. The Balaban J connectivity index is 1.52. The van der Waals surface area contributed by atoms with Gasteiger partial charge in [-0.3, -0.25) is 10.1 Å². The van der Waals surface area contributed by atoms with E-state index in [9.17, 15) is 9.59 Å². The predicted molar refractivity (Wildman–Crippen MR) is 133 cm³/mol. The number of rotatable bonds is 6. The summed E-state index contributed by atoms with van der Waals surface area (Å²) in [5.41, 5.74) is 6.06. The number of carbonyl (C=O) groups is 2. The van der Waals surface area contributed by atoms with Crippen molar-refractivity contribution in [2.24, 2.45) is 0 Å². The molecule has 1 aliphatic rings. The summed E-state index contributed by atoms with van der Waals surface area (Å²) in [5, 5.41) is 4.83. The molecule has 0 aliphatic carbocycles. The topological polar surface area (TPSA) is 67.4 Å². The Morgan fingerprint density at radius 3 is 2.15 bits per heavy atom. The van der Waals surface area contributed by atoms with E-state index in [1.165, 1.54) is 0 Å². The molecule has 2 N–H and O–H groups in total. The number of urea groups is 1. The third-order valence-electron chi connectivity index (χ3n) is 5.57. The molecule has 34 heavy (non-hydrogen) atoms. The number of hydrogen-bond acceptors (Lipinski definition) is 3. The second-order valence-corrected chi connectivity index (χ2v) is 7.94. The van der Waals surface area contributed by atoms with E-state index in [4.69, 9.17) is 4.74 Å². The Kier molecular flexibility index (Phi) is 5.91. The fraction of sp³-hybridized carbons (Fsp3) is 0.0345. The molecule has 0 atom stereocenters. The van der Waals surface area contributed by atoms with E-state index < -0.39 is 11.9 Å². The first kappa shape index (κ1) is 21.2. The quantitative estimate of drug-likeness (QED) is 0.291. The molecule has 0 aromatic heterocycles. The molecule has 5 rings (SSSR count). The average Bonchev–Trinajstić information content (AvgIpc) is 3.20. The van der Waals surface area contributed by atoms with Crippen molar-refractivity contribution in [3.05, 3.63) is 120 Å². The van der Waals surface area contributed by atoms with Crippen LogP contribution < -0.4 is 15.4 Å². The van der Waals surface area contributed by atoms with Gasteiger partial charge in [-0.2, -0.15) is 0 Å². The van der Waals surface area contributed by atoms with Crippen molar-refractivity contribution in [1.82, 2.24) is 10.6 Å². The minimum atomic E-state index is -0.520. The molecule has 1 aliphatic heterocycles. The zero-order valence-corrected chi connectivity index (χ0v) is 18.3. The predicted octanol–water partition coefficient (Wildman–Crippen LogP) is 5.78. The summed E-state index contributed by atoms with van der Waals surface area (Å²) >= 11 is 0. The van der Waals surface area contributed by atoms with Gasteiger partial charge in [0.05, 0.1) is 0 Å². The third-order valence-corrected chi connectivity index (χ3v) is 5.57. The van der Waals surface area contributed by atoms with Crippen LogP contribution in [-0.4, -0.2) is 11.9 Å². The normalized spacial score (nSPS) is 14.1. The van der Waals surface area contributed by atoms with Crippen LogP contribution in [-0.2, 0) is 11.4 Å². The number of carbonyl (C=O) groups excluding carboxylic acids is 2. The lowest BCUT2D eigenvalue weighted by atomic mass is 9.94. The molecule has 0 unspecified atom stereocenters. The van der Waals surface area contributed by atoms with Gasteiger partial charge in [0.1, 0.15) is 18.1 Å². The van der Waals surface area contributed by atoms with Crippen molar-refractivity contribution in [2.75, 3.05) is 0 Å². The molecule has 0 saturated carbocycles. The van der Waals surface area contributed by atoms with Gasteiger partial charge >= 0.3 is 6.03 Å². The van der Waals surface area contributed by atoms with Gasteiger partial charge in [0.25, 0.3) is 5.91 Å². The third kappa shape index (κ3) is 4.74. The number of hydrogen-bond donors (Lipinski definition) is 2. The lowest BCUT2D eigenvalue weighted by molar-refractivity contribution is -0.115. The fourth-order valence-corrected chi connectivity index (χ4v) is 3.89. The zero-order chi connectivity index (χ0) is 23.3. The summed E-state index contributed by atoms with van der Waals surface area (Å²) in [4.78, 5) is 23.8. The molecule has 0 spiro atoms. The standard InChI is InChI=1S/C29H22N2O3/c32-28-27(30-29(33)31-28)18-24-16-22(21-10-5-2-6-11-21)14-15-26(24)23-12-7-13-25(17-23)34-19-20-8-3-1-4-9-20/h1-18H,19H2,(H2,30,31,32,33)/b27-18+. The van der Waals surface area contributed by atoms with Crippen LogP contribution >= 0.6 is 0 Å². The van der Waals surface area contributed by atoms with Crippen LogP contribution in [0.15, 0.2) is 109 Å². The van der Waals surface area contributed by atoms with E-state index in [2.05, 4.69) is 16.7 Å². The summed E-state index contributed by atoms with van der Waals surface area (Å²) in [5.74, 6) is 0.306. The molecule has 1 saturated heterocycles. The maximum Gasteiger partial charge on any atom is 0.326 e. The minimum absolute atomic E-state index is 0.216. The molecule has 166 valence electrons. The highest BCUT2D eigenvalue weighted by Crippen LogP contribution is 2.32. The van der Waals surface area contributed by atoms with Crippen molar-refractivity contribution < 1.29 is 14.3 Å². The van der Waals surface area contributed by atoms with Gasteiger partial charge < -0.3 is 10.1 Å². The van der Waals surface area contributed by atoms with Crippen molar-refractivity contribution in [1.29, 1.82) is 0 Å². The minimum Gasteiger partial charge on any atom is -0.489 e. The van der Waals surface area contributed by atoms with Gasteiger partial charge in [0.2, 0.25) is 0 Å². The second kappa shape index (κ2) is 9.46. The Hall–Kier alpha value is -4.64. The molecular weight excluding hydrogens is 424 g/mol. The highest BCUT2D eigenvalue weighted by atomic mass is 16.5. The van der Waals surface area contributed by atoms with Gasteiger partial charge in [-0.1, -0.05) is 84.9 Å². The molecule has 1 fully saturated rings.